The fourth-order valence-corrected chi connectivity index (χ4v) is 4.24. The largest absolute Gasteiger partial charge is 0.457 e. The van der Waals surface area contributed by atoms with Gasteiger partial charge in [-0.1, -0.05) is 25.5 Å². The first kappa shape index (κ1) is 28.4. The number of aryl methyl sites for hydroxylation is 2. The summed E-state index contributed by atoms with van der Waals surface area (Å²) in [7, 11) is 0. The monoisotopic (exact) mass is 512 g/mol. The number of aromatic nitrogens is 2. The van der Waals surface area contributed by atoms with Gasteiger partial charge in [-0.3, -0.25) is 10.1 Å². The van der Waals surface area contributed by atoms with Gasteiger partial charge in [0.25, 0.3) is 0 Å². The molecule has 0 radical (unpaired) electrons. The zero-order chi connectivity index (χ0) is 27.5. The van der Waals surface area contributed by atoms with E-state index < -0.39 is 5.97 Å². The molecule has 0 aliphatic carbocycles. The molecule has 0 spiro atoms. The van der Waals surface area contributed by atoms with Gasteiger partial charge in [0.1, 0.15) is 24.2 Å². The quantitative estimate of drug-likeness (QED) is 0.337. The van der Waals surface area contributed by atoms with Crippen LogP contribution in [0.3, 0.4) is 0 Å². The fraction of sp³-hybridized carbons (Fsp3) is 0.571. The highest BCUT2D eigenvalue weighted by molar-refractivity contribution is 5.89. The van der Waals surface area contributed by atoms with Gasteiger partial charge in [-0.05, 0) is 66.4 Å². The van der Waals surface area contributed by atoms with Crippen LogP contribution in [0, 0.1) is 19.8 Å². The fourth-order valence-electron chi connectivity index (χ4n) is 4.24. The first-order valence-corrected chi connectivity index (χ1v) is 12.8. The Bertz CT molecular complexity index is 1170. The summed E-state index contributed by atoms with van der Waals surface area (Å²) in [5.41, 5.74) is 1.18. The Morgan fingerprint density at radius 3 is 2.54 bits per heavy atom. The minimum absolute atomic E-state index is 0.0122. The van der Waals surface area contributed by atoms with E-state index in [0.717, 1.165) is 18.4 Å². The predicted molar refractivity (Wildman–Crippen MR) is 141 cm³/mol. The van der Waals surface area contributed by atoms with Crippen molar-refractivity contribution in [2.45, 2.75) is 85.9 Å². The molecule has 3 rings (SSSR count). The van der Waals surface area contributed by atoms with Crippen molar-refractivity contribution < 1.29 is 23.2 Å². The molecule has 0 unspecified atom stereocenters. The van der Waals surface area contributed by atoms with Crippen molar-refractivity contribution in [2.75, 3.05) is 13.2 Å². The molecule has 0 bridgehead atoms. The molecule has 1 aliphatic heterocycles. The molecule has 202 valence electrons. The smallest absolute Gasteiger partial charge is 0.360 e. The molecule has 1 fully saturated rings. The van der Waals surface area contributed by atoms with Crippen molar-refractivity contribution in [1.82, 2.24) is 20.2 Å². The van der Waals surface area contributed by atoms with Crippen LogP contribution in [0.25, 0.3) is 11.6 Å². The number of hydrogen-bond donors (Lipinski definition) is 1. The molecule has 2 atom stereocenters. The number of oxazole rings is 2. The number of likely N-dealkylation sites (tertiary alicyclic amines) is 1. The summed E-state index contributed by atoms with van der Waals surface area (Å²) in [6, 6.07) is -0.669. The lowest BCUT2D eigenvalue weighted by Gasteiger charge is -2.34. The number of carbonyl (C=O) groups excluding carboxylic acids is 2. The molecule has 1 saturated heterocycles. The Balaban J connectivity index is 1.83. The maximum absolute atomic E-state index is 13.7. The Labute approximate surface area is 219 Å². The van der Waals surface area contributed by atoms with E-state index in [1.54, 1.807) is 13.8 Å². The van der Waals surface area contributed by atoms with Gasteiger partial charge in [0.2, 0.25) is 17.7 Å². The Morgan fingerprint density at radius 2 is 1.92 bits per heavy atom. The lowest BCUT2D eigenvalue weighted by molar-refractivity contribution is -0.136. The highest BCUT2D eigenvalue weighted by atomic mass is 16.5. The van der Waals surface area contributed by atoms with E-state index in [1.807, 2.05) is 58.6 Å². The van der Waals surface area contributed by atoms with Gasteiger partial charge in [-0.25, -0.2) is 14.8 Å². The first-order chi connectivity index (χ1) is 17.3. The molecule has 1 N–H and O–H groups in total. The van der Waals surface area contributed by atoms with E-state index in [2.05, 4.69) is 21.9 Å². The second-order valence-electron chi connectivity index (χ2n) is 10.7. The maximum Gasteiger partial charge on any atom is 0.360 e. The number of hydrogen-bond acceptors (Lipinski definition) is 8. The summed E-state index contributed by atoms with van der Waals surface area (Å²) in [6.07, 6.45) is 5.22. The highest BCUT2D eigenvalue weighted by Crippen LogP contribution is 2.36. The number of amides is 1. The van der Waals surface area contributed by atoms with E-state index in [-0.39, 0.29) is 47.6 Å². The molecule has 3 heterocycles. The van der Waals surface area contributed by atoms with Crippen LogP contribution in [0.5, 0.6) is 0 Å². The first-order valence-electron chi connectivity index (χ1n) is 12.8. The van der Waals surface area contributed by atoms with Gasteiger partial charge in [-0.15, -0.1) is 6.58 Å². The Kier molecular flexibility index (Phi) is 8.79. The molecular weight excluding hydrogens is 472 g/mol. The minimum Gasteiger partial charge on any atom is -0.457 e. The molecule has 0 saturated carbocycles. The molecule has 1 amide bonds. The van der Waals surface area contributed by atoms with Crippen molar-refractivity contribution in [3.63, 3.8) is 0 Å². The summed E-state index contributed by atoms with van der Waals surface area (Å²) < 4.78 is 17.1. The third-order valence-corrected chi connectivity index (χ3v) is 6.50. The molecule has 9 heteroatoms. The van der Waals surface area contributed by atoms with Gasteiger partial charge in [0.15, 0.2) is 11.4 Å². The number of esters is 1. The van der Waals surface area contributed by atoms with Crippen LogP contribution < -0.4 is 5.32 Å². The lowest BCUT2D eigenvalue weighted by atomic mass is 9.97. The van der Waals surface area contributed by atoms with Crippen LogP contribution in [-0.4, -0.2) is 51.5 Å². The van der Waals surface area contributed by atoms with Crippen molar-refractivity contribution in [2.24, 2.45) is 5.92 Å². The van der Waals surface area contributed by atoms with E-state index in [1.165, 1.54) is 0 Å². The van der Waals surface area contributed by atoms with Gasteiger partial charge in [-0.2, -0.15) is 0 Å². The summed E-state index contributed by atoms with van der Waals surface area (Å²) in [6.45, 7) is 20.0. The van der Waals surface area contributed by atoms with Crippen LogP contribution in [0.2, 0.25) is 0 Å². The summed E-state index contributed by atoms with van der Waals surface area (Å²) in [5, 5.41) is 3.44. The number of nitrogens with one attached hydrogen (secondary N) is 1. The summed E-state index contributed by atoms with van der Waals surface area (Å²) in [4.78, 5) is 37.0. The number of nitrogens with zero attached hydrogens (tertiary/aromatic N) is 3. The highest BCUT2D eigenvalue weighted by Gasteiger charge is 2.39. The third-order valence-electron chi connectivity index (χ3n) is 6.50. The second kappa shape index (κ2) is 11.5. The molecule has 37 heavy (non-hydrogen) atoms. The second-order valence-corrected chi connectivity index (χ2v) is 10.7. The number of ether oxygens (including phenoxy) is 1. The van der Waals surface area contributed by atoms with Gasteiger partial charge in [0.05, 0.1) is 6.04 Å². The summed E-state index contributed by atoms with van der Waals surface area (Å²) in [5.74, 6) is 1.00. The number of rotatable bonds is 10. The molecule has 2 aromatic heterocycles. The standard InChI is InChI=1S/C28H40N4O5/c1-10-28(8,9)31-21(17(4)5)26(33)32-14-11-12-20(32)24-29-22(18(6)36-24)25-30-23(19(7)37-25)27(34)35-15-13-16(2)3/h10,13,17,20-21,31H,1,11-12,14-15H2,2-9H3/t20-,21+/m0/s1. The van der Waals surface area contributed by atoms with Crippen LogP contribution in [0.1, 0.15) is 88.3 Å². The van der Waals surface area contributed by atoms with Gasteiger partial charge < -0.3 is 18.5 Å². The van der Waals surface area contributed by atoms with E-state index >= 15 is 0 Å². The average molecular weight is 513 g/mol. The molecule has 1 aliphatic rings. The SMILES string of the molecule is C=CC(C)(C)N[C@@H](C(=O)N1CCC[C@H]1c1nc(-c2nc(C(=O)OCC=C(C)C)c(C)o2)c(C)o1)C(C)C. The van der Waals surface area contributed by atoms with E-state index in [0.29, 0.717) is 29.6 Å². The van der Waals surface area contributed by atoms with Crippen molar-refractivity contribution in [3.8, 4) is 11.6 Å². The lowest BCUT2D eigenvalue weighted by Crippen LogP contribution is -2.55. The average Bonchev–Trinajstić information content (AvgIpc) is 3.54. The van der Waals surface area contributed by atoms with Crippen LogP contribution in [-0.2, 0) is 9.53 Å². The maximum atomic E-state index is 13.7. The Hall–Kier alpha value is -3.20. The van der Waals surface area contributed by atoms with Crippen LogP contribution >= 0.6 is 0 Å². The molecule has 2 aromatic rings. The third kappa shape index (κ3) is 6.57. The van der Waals surface area contributed by atoms with Crippen molar-refractivity contribution >= 4 is 11.9 Å². The van der Waals surface area contributed by atoms with Crippen molar-refractivity contribution in [1.29, 1.82) is 0 Å². The topological polar surface area (TPSA) is 111 Å². The zero-order valence-electron chi connectivity index (χ0n) is 23.3. The normalized spacial score (nSPS) is 16.7. The van der Waals surface area contributed by atoms with Gasteiger partial charge in [0, 0.05) is 12.1 Å². The van der Waals surface area contributed by atoms with Crippen LogP contribution in [0.15, 0.2) is 33.1 Å². The Morgan fingerprint density at radius 1 is 1.22 bits per heavy atom. The molecular formula is C28H40N4O5. The number of allylic oxidation sites excluding steroid dienone is 1. The van der Waals surface area contributed by atoms with Gasteiger partial charge >= 0.3 is 5.97 Å². The van der Waals surface area contributed by atoms with E-state index in [9.17, 15) is 9.59 Å². The van der Waals surface area contributed by atoms with E-state index in [4.69, 9.17) is 13.6 Å². The zero-order valence-corrected chi connectivity index (χ0v) is 23.3. The minimum atomic E-state index is -0.561. The number of carbonyl (C=O) groups is 2. The summed E-state index contributed by atoms with van der Waals surface area (Å²) >= 11 is 0. The molecule has 0 aromatic carbocycles. The predicted octanol–water partition coefficient (Wildman–Crippen LogP) is 5.31. The van der Waals surface area contributed by atoms with Crippen LogP contribution in [0.4, 0.5) is 0 Å². The van der Waals surface area contributed by atoms with Crippen molar-refractivity contribution in [3.05, 3.63) is 47.4 Å². The molecule has 9 nitrogen and oxygen atoms in total.